The van der Waals surface area contributed by atoms with Crippen molar-refractivity contribution in [1.82, 2.24) is 19.7 Å². The molecule has 0 radical (unpaired) electrons. The number of nitro groups is 1. The third-order valence-electron chi connectivity index (χ3n) is 1.74. The van der Waals surface area contributed by atoms with Crippen LogP contribution >= 0.6 is 0 Å². The van der Waals surface area contributed by atoms with E-state index < -0.39 is 4.92 Å². The molecule has 0 saturated carbocycles. The van der Waals surface area contributed by atoms with Gasteiger partial charge < -0.3 is 5.73 Å². The molecule has 0 aliphatic heterocycles. The molecule has 2 rings (SSSR count). The van der Waals surface area contributed by atoms with Crippen molar-refractivity contribution < 1.29 is 4.92 Å². The van der Waals surface area contributed by atoms with Crippen LogP contribution in [0.3, 0.4) is 0 Å². The van der Waals surface area contributed by atoms with Gasteiger partial charge in [0.05, 0.1) is 4.92 Å². The van der Waals surface area contributed by atoms with Crippen LogP contribution in [-0.2, 0) is 0 Å². The van der Waals surface area contributed by atoms with E-state index >= 15 is 0 Å². The van der Waals surface area contributed by atoms with Gasteiger partial charge in [-0.3, -0.25) is 10.1 Å². The van der Waals surface area contributed by atoms with Gasteiger partial charge in [0.25, 0.3) is 0 Å². The molecule has 2 aromatic heterocycles. The average molecular weight is 206 g/mol. The van der Waals surface area contributed by atoms with Gasteiger partial charge in [0.2, 0.25) is 5.82 Å². The molecule has 0 aromatic carbocycles. The number of nitrogen functional groups attached to an aromatic ring is 1. The number of nitrogens with two attached hydrogens (primary N) is 1. The van der Waals surface area contributed by atoms with Crippen LogP contribution in [0.2, 0.25) is 0 Å². The van der Waals surface area contributed by atoms with E-state index in [1.54, 1.807) is 0 Å². The Morgan fingerprint density at radius 1 is 1.47 bits per heavy atom. The number of pyridine rings is 1. The van der Waals surface area contributed by atoms with Crippen molar-refractivity contribution in [2.45, 2.75) is 0 Å². The summed E-state index contributed by atoms with van der Waals surface area (Å²) in [5.74, 6) is 0.239. The third kappa shape index (κ3) is 1.59. The summed E-state index contributed by atoms with van der Waals surface area (Å²) in [7, 11) is 0. The van der Waals surface area contributed by atoms with Gasteiger partial charge in [-0.2, -0.15) is 5.10 Å². The van der Waals surface area contributed by atoms with E-state index in [9.17, 15) is 10.1 Å². The zero-order chi connectivity index (χ0) is 10.8. The quantitative estimate of drug-likeness (QED) is 0.552. The second-order valence-corrected chi connectivity index (χ2v) is 2.67. The first-order valence-electron chi connectivity index (χ1n) is 3.94. The molecule has 2 heterocycles. The average Bonchev–Trinajstić information content (AvgIpc) is 2.69. The predicted molar refractivity (Wildman–Crippen MR) is 50.2 cm³/mol. The van der Waals surface area contributed by atoms with E-state index in [1.807, 2.05) is 0 Å². The molecule has 2 aromatic rings. The van der Waals surface area contributed by atoms with Crippen LogP contribution in [0.15, 0.2) is 24.8 Å². The molecular formula is C7H6N6O2. The van der Waals surface area contributed by atoms with Crippen LogP contribution < -0.4 is 5.73 Å². The molecule has 0 saturated heterocycles. The van der Waals surface area contributed by atoms with Crippen LogP contribution in [0, 0.1) is 10.1 Å². The summed E-state index contributed by atoms with van der Waals surface area (Å²) in [6.45, 7) is 0. The molecule has 0 bridgehead atoms. The van der Waals surface area contributed by atoms with Gasteiger partial charge in [0, 0.05) is 6.07 Å². The van der Waals surface area contributed by atoms with E-state index in [0.717, 1.165) is 0 Å². The summed E-state index contributed by atoms with van der Waals surface area (Å²) in [4.78, 5) is 17.4. The van der Waals surface area contributed by atoms with Crippen LogP contribution in [-0.4, -0.2) is 24.7 Å². The lowest BCUT2D eigenvalue weighted by atomic mass is 10.4. The fourth-order valence-corrected chi connectivity index (χ4v) is 1.07. The van der Waals surface area contributed by atoms with E-state index in [1.165, 1.54) is 29.5 Å². The Hall–Kier alpha value is -2.51. The minimum Gasteiger partial charge on any atom is -0.378 e. The summed E-state index contributed by atoms with van der Waals surface area (Å²) in [6.07, 6.45) is 2.76. The molecule has 76 valence electrons. The summed E-state index contributed by atoms with van der Waals surface area (Å²) in [6, 6.07) is 2.72. The molecule has 0 spiro atoms. The van der Waals surface area contributed by atoms with Crippen molar-refractivity contribution in [1.29, 1.82) is 0 Å². The number of hydrogen-bond donors (Lipinski definition) is 1. The lowest BCUT2D eigenvalue weighted by Crippen LogP contribution is -2.03. The first-order valence-corrected chi connectivity index (χ1v) is 3.94. The van der Waals surface area contributed by atoms with Crippen molar-refractivity contribution >= 4 is 11.5 Å². The lowest BCUT2D eigenvalue weighted by Gasteiger charge is -2.00. The van der Waals surface area contributed by atoms with Crippen molar-refractivity contribution in [2.24, 2.45) is 0 Å². The topological polar surface area (TPSA) is 113 Å². The molecule has 8 heteroatoms. The number of rotatable bonds is 2. The molecule has 0 aliphatic rings. The highest BCUT2D eigenvalue weighted by atomic mass is 16.6. The third-order valence-corrected chi connectivity index (χ3v) is 1.74. The lowest BCUT2D eigenvalue weighted by molar-refractivity contribution is -0.384. The highest BCUT2D eigenvalue weighted by molar-refractivity contribution is 5.54. The standard InChI is InChI=1S/C7H6N6O2/c8-7-5(13(14)15)1-2-6(11-7)12-4-9-3-10-12/h1-4H,(H2,8,11). The maximum absolute atomic E-state index is 10.5. The molecule has 8 nitrogen and oxygen atoms in total. The zero-order valence-corrected chi connectivity index (χ0v) is 7.44. The summed E-state index contributed by atoms with van der Waals surface area (Å²) in [5.41, 5.74) is 5.19. The smallest absolute Gasteiger partial charge is 0.311 e. The molecule has 0 aliphatic carbocycles. The van der Waals surface area contributed by atoms with Gasteiger partial charge in [-0.1, -0.05) is 0 Å². The normalized spacial score (nSPS) is 10.1. The molecule has 15 heavy (non-hydrogen) atoms. The van der Waals surface area contributed by atoms with Gasteiger partial charge in [-0.15, -0.1) is 0 Å². The largest absolute Gasteiger partial charge is 0.378 e. The van der Waals surface area contributed by atoms with Crippen molar-refractivity contribution in [3.05, 3.63) is 34.9 Å². The van der Waals surface area contributed by atoms with Gasteiger partial charge >= 0.3 is 5.69 Å². The molecule has 0 amide bonds. The van der Waals surface area contributed by atoms with Crippen molar-refractivity contribution in [2.75, 3.05) is 5.73 Å². The second-order valence-electron chi connectivity index (χ2n) is 2.67. The monoisotopic (exact) mass is 206 g/mol. The number of nitrogens with zero attached hydrogens (tertiary/aromatic N) is 5. The first-order chi connectivity index (χ1) is 7.18. The Labute approximate surface area is 83.5 Å². The number of aromatic nitrogens is 4. The van der Waals surface area contributed by atoms with Gasteiger partial charge in [0.15, 0.2) is 5.82 Å². The van der Waals surface area contributed by atoms with Crippen molar-refractivity contribution in [3.63, 3.8) is 0 Å². The predicted octanol–water partition coefficient (Wildman–Crippen LogP) is 0.153. The van der Waals surface area contributed by atoms with Crippen LogP contribution in [0.1, 0.15) is 0 Å². The van der Waals surface area contributed by atoms with E-state index in [2.05, 4.69) is 15.1 Å². The van der Waals surface area contributed by atoms with E-state index in [0.29, 0.717) is 5.82 Å². The maximum atomic E-state index is 10.5. The molecule has 0 atom stereocenters. The Morgan fingerprint density at radius 2 is 2.27 bits per heavy atom. The van der Waals surface area contributed by atoms with Crippen LogP contribution in [0.5, 0.6) is 0 Å². The molecule has 0 unspecified atom stereocenters. The summed E-state index contributed by atoms with van der Waals surface area (Å²) in [5, 5.41) is 14.3. The Kier molecular flexibility index (Phi) is 2.01. The molecule has 0 fully saturated rings. The molecule has 2 N–H and O–H groups in total. The Balaban J connectivity index is 2.47. The minimum atomic E-state index is -0.590. The minimum absolute atomic E-state index is 0.145. The Bertz CT molecular complexity index is 494. The highest BCUT2D eigenvalue weighted by Crippen LogP contribution is 2.19. The Morgan fingerprint density at radius 3 is 2.80 bits per heavy atom. The van der Waals surface area contributed by atoms with Gasteiger partial charge in [0.1, 0.15) is 12.7 Å². The summed E-state index contributed by atoms with van der Waals surface area (Å²) < 4.78 is 1.36. The SMILES string of the molecule is Nc1nc(-n2cncn2)ccc1[N+](=O)[O-]. The molecular weight excluding hydrogens is 200 g/mol. The van der Waals surface area contributed by atoms with Gasteiger partial charge in [-0.05, 0) is 6.07 Å². The number of hydrogen-bond acceptors (Lipinski definition) is 6. The first kappa shape index (κ1) is 9.06. The second kappa shape index (κ2) is 3.33. The maximum Gasteiger partial charge on any atom is 0.311 e. The van der Waals surface area contributed by atoms with Crippen LogP contribution in [0.4, 0.5) is 11.5 Å². The van der Waals surface area contributed by atoms with Crippen molar-refractivity contribution in [3.8, 4) is 5.82 Å². The van der Waals surface area contributed by atoms with Gasteiger partial charge in [-0.25, -0.2) is 14.6 Å². The highest BCUT2D eigenvalue weighted by Gasteiger charge is 2.13. The number of anilines is 1. The van der Waals surface area contributed by atoms with E-state index in [4.69, 9.17) is 5.73 Å². The van der Waals surface area contributed by atoms with E-state index in [-0.39, 0.29) is 11.5 Å². The fourth-order valence-electron chi connectivity index (χ4n) is 1.07. The zero-order valence-electron chi connectivity index (χ0n) is 7.44. The van der Waals surface area contributed by atoms with Crippen LogP contribution in [0.25, 0.3) is 5.82 Å². The fraction of sp³-hybridized carbons (Fsp3) is 0. The summed E-state index contributed by atoms with van der Waals surface area (Å²) >= 11 is 0.